The minimum atomic E-state index is 0.269. The fraction of sp³-hybridized carbons (Fsp3) is 0.353. The van der Waals surface area contributed by atoms with Crippen LogP contribution < -0.4 is 0 Å². The number of hydrogen-bond donors (Lipinski definition) is 0. The molecule has 1 fully saturated rings. The lowest BCUT2D eigenvalue weighted by Crippen LogP contribution is -2.32. The number of rotatable bonds is 6. The van der Waals surface area contributed by atoms with Crippen molar-refractivity contribution in [3.05, 3.63) is 54.6 Å². The second-order valence-electron chi connectivity index (χ2n) is 5.06. The Morgan fingerprint density at radius 2 is 2.00 bits per heavy atom. The molecule has 0 unspecified atom stereocenters. The third-order valence-corrected chi connectivity index (χ3v) is 3.43. The maximum atomic E-state index is 12.1. The van der Waals surface area contributed by atoms with Crippen molar-refractivity contribution >= 4 is 11.5 Å². The molecule has 0 N–H and O–H groups in total. The van der Waals surface area contributed by atoms with Gasteiger partial charge >= 0.3 is 0 Å². The van der Waals surface area contributed by atoms with E-state index in [4.69, 9.17) is 0 Å². The van der Waals surface area contributed by atoms with Gasteiger partial charge in [0.2, 0.25) is 5.91 Å². The maximum Gasteiger partial charge on any atom is 0.226 e. The van der Waals surface area contributed by atoms with E-state index in [9.17, 15) is 4.79 Å². The van der Waals surface area contributed by atoms with Crippen LogP contribution in [0.4, 0.5) is 0 Å². The molecule has 0 heterocycles. The van der Waals surface area contributed by atoms with Gasteiger partial charge in [0.1, 0.15) is 0 Å². The number of benzene rings is 1. The zero-order valence-corrected chi connectivity index (χ0v) is 11.5. The Balaban J connectivity index is 2.01. The molecule has 0 aliphatic heterocycles. The van der Waals surface area contributed by atoms with Gasteiger partial charge < -0.3 is 4.90 Å². The van der Waals surface area contributed by atoms with Crippen molar-refractivity contribution in [2.45, 2.75) is 19.8 Å². The number of carbonyl (C=O) groups excluding carboxylic acids is 1. The Labute approximate surface area is 115 Å². The summed E-state index contributed by atoms with van der Waals surface area (Å²) in [6.45, 7) is 7.12. The summed E-state index contributed by atoms with van der Waals surface area (Å²) in [7, 11) is 0. The van der Waals surface area contributed by atoms with E-state index in [0.29, 0.717) is 13.1 Å². The van der Waals surface area contributed by atoms with Gasteiger partial charge in [-0.3, -0.25) is 4.79 Å². The molecule has 0 saturated heterocycles. The third kappa shape index (κ3) is 3.82. The molecule has 2 rings (SSSR count). The van der Waals surface area contributed by atoms with E-state index in [-0.39, 0.29) is 11.8 Å². The molecule has 100 valence electrons. The molecular formula is C17H21NO. The molecule has 0 spiro atoms. The first-order valence-electron chi connectivity index (χ1n) is 6.84. The van der Waals surface area contributed by atoms with E-state index < -0.39 is 0 Å². The lowest BCUT2D eigenvalue weighted by molar-refractivity contribution is -0.131. The summed E-state index contributed by atoms with van der Waals surface area (Å²) in [5.41, 5.74) is 2.41. The molecule has 0 atom stereocenters. The predicted octanol–water partition coefficient (Wildman–Crippen LogP) is 3.51. The Bertz CT molecular complexity index is 471. The van der Waals surface area contributed by atoms with E-state index in [2.05, 4.69) is 31.7 Å². The van der Waals surface area contributed by atoms with Gasteiger partial charge in [0.25, 0.3) is 0 Å². The van der Waals surface area contributed by atoms with E-state index in [1.165, 1.54) is 11.1 Å². The predicted molar refractivity (Wildman–Crippen MR) is 79.6 cm³/mol. The average molecular weight is 255 g/mol. The van der Waals surface area contributed by atoms with Crippen molar-refractivity contribution in [1.29, 1.82) is 0 Å². The van der Waals surface area contributed by atoms with Gasteiger partial charge in [-0.1, -0.05) is 42.5 Å². The highest BCUT2D eigenvalue weighted by atomic mass is 16.2. The van der Waals surface area contributed by atoms with Crippen LogP contribution in [-0.4, -0.2) is 23.9 Å². The summed E-state index contributed by atoms with van der Waals surface area (Å²) in [5, 5.41) is 0. The van der Waals surface area contributed by atoms with Crippen LogP contribution >= 0.6 is 0 Å². The van der Waals surface area contributed by atoms with E-state index in [1.54, 1.807) is 6.08 Å². The second kappa shape index (κ2) is 6.37. The molecule has 1 aliphatic rings. The topological polar surface area (TPSA) is 20.3 Å². The molecule has 0 bridgehead atoms. The van der Waals surface area contributed by atoms with E-state index in [1.807, 2.05) is 23.1 Å². The molecule has 1 aromatic rings. The highest BCUT2D eigenvalue weighted by Gasteiger charge is 2.32. The molecule has 1 aliphatic carbocycles. The quantitative estimate of drug-likeness (QED) is 0.712. The fourth-order valence-electron chi connectivity index (χ4n) is 2.06. The third-order valence-electron chi connectivity index (χ3n) is 3.43. The molecular weight excluding hydrogens is 234 g/mol. The smallest absolute Gasteiger partial charge is 0.226 e. The summed E-state index contributed by atoms with van der Waals surface area (Å²) in [6.07, 6.45) is 6.02. The van der Waals surface area contributed by atoms with Crippen LogP contribution in [0, 0.1) is 5.92 Å². The summed E-state index contributed by atoms with van der Waals surface area (Å²) in [4.78, 5) is 14.0. The first-order valence-corrected chi connectivity index (χ1v) is 6.84. The monoisotopic (exact) mass is 255 g/mol. The summed E-state index contributed by atoms with van der Waals surface area (Å²) in [5.74, 6) is 0.544. The zero-order valence-electron chi connectivity index (χ0n) is 11.5. The first kappa shape index (κ1) is 13.6. The SMILES string of the molecule is C=CCN(C/C=C(/C)c1ccccc1)C(=O)C1CC1. The maximum absolute atomic E-state index is 12.1. The highest BCUT2D eigenvalue weighted by molar-refractivity contribution is 5.81. The van der Waals surface area contributed by atoms with Crippen LogP contribution in [0.1, 0.15) is 25.3 Å². The molecule has 19 heavy (non-hydrogen) atoms. The van der Waals surface area contributed by atoms with Gasteiger partial charge in [-0.15, -0.1) is 6.58 Å². The first-order chi connectivity index (χ1) is 9.22. The van der Waals surface area contributed by atoms with E-state index in [0.717, 1.165) is 12.8 Å². The van der Waals surface area contributed by atoms with Crippen molar-refractivity contribution in [3.63, 3.8) is 0 Å². The Morgan fingerprint density at radius 1 is 1.32 bits per heavy atom. The van der Waals surface area contributed by atoms with Crippen LogP contribution in [-0.2, 0) is 4.79 Å². The standard InChI is InChI=1S/C17H21NO/c1-3-12-18(17(19)16-9-10-16)13-11-14(2)15-7-5-4-6-8-15/h3-8,11,16H,1,9-10,12-13H2,2H3/b14-11-. The van der Waals surface area contributed by atoms with Crippen molar-refractivity contribution in [2.75, 3.05) is 13.1 Å². The van der Waals surface area contributed by atoms with Gasteiger partial charge in [0, 0.05) is 19.0 Å². The van der Waals surface area contributed by atoms with Gasteiger partial charge in [-0.25, -0.2) is 0 Å². The summed E-state index contributed by atoms with van der Waals surface area (Å²) < 4.78 is 0. The molecule has 1 saturated carbocycles. The van der Waals surface area contributed by atoms with Crippen molar-refractivity contribution in [1.82, 2.24) is 4.90 Å². The highest BCUT2D eigenvalue weighted by Crippen LogP contribution is 2.31. The zero-order chi connectivity index (χ0) is 13.7. The van der Waals surface area contributed by atoms with Crippen molar-refractivity contribution < 1.29 is 4.79 Å². The summed E-state index contributed by atoms with van der Waals surface area (Å²) >= 11 is 0. The number of nitrogens with zero attached hydrogens (tertiary/aromatic N) is 1. The normalized spacial score (nSPS) is 15.1. The second-order valence-corrected chi connectivity index (χ2v) is 5.06. The van der Waals surface area contributed by atoms with Gasteiger partial charge in [-0.2, -0.15) is 0 Å². The van der Waals surface area contributed by atoms with Crippen LogP contribution in [0.5, 0.6) is 0 Å². The average Bonchev–Trinajstić information content (AvgIpc) is 3.28. The van der Waals surface area contributed by atoms with Gasteiger partial charge in [-0.05, 0) is 30.9 Å². The minimum Gasteiger partial charge on any atom is -0.335 e. The summed E-state index contributed by atoms with van der Waals surface area (Å²) in [6, 6.07) is 10.3. The molecule has 1 aromatic carbocycles. The van der Waals surface area contributed by atoms with Crippen LogP contribution in [0.3, 0.4) is 0 Å². The number of carbonyl (C=O) groups is 1. The van der Waals surface area contributed by atoms with Crippen LogP contribution in [0.25, 0.3) is 5.57 Å². The number of hydrogen-bond acceptors (Lipinski definition) is 1. The minimum absolute atomic E-state index is 0.269. The number of amides is 1. The van der Waals surface area contributed by atoms with Crippen molar-refractivity contribution in [3.8, 4) is 0 Å². The Kier molecular flexibility index (Phi) is 4.56. The molecule has 0 aromatic heterocycles. The molecule has 2 nitrogen and oxygen atoms in total. The van der Waals surface area contributed by atoms with Gasteiger partial charge in [0.15, 0.2) is 0 Å². The van der Waals surface area contributed by atoms with Crippen LogP contribution in [0.2, 0.25) is 0 Å². The van der Waals surface area contributed by atoms with E-state index >= 15 is 0 Å². The lowest BCUT2D eigenvalue weighted by Gasteiger charge is -2.19. The molecule has 0 radical (unpaired) electrons. The van der Waals surface area contributed by atoms with Gasteiger partial charge in [0.05, 0.1) is 0 Å². The number of allylic oxidation sites excluding steroid dienone is 1. The fourth-order valence-corrected chi connectivity index (χ4v) is 2.06. The molecule has 2 heteroatoms. The lowest BCUT2D eigenvalue weighted by atomic mass is 10.1. The Morgan fingerprint density at radius 3 is 2.58 bits per heavy atom. The largest absolute Gasteiger partial charge is 0.335 e. The van der Waals surface area contributed by atoms with Crippen LogP contribution in [0.15, 0.2) is 49.1 Å². The van der Waals surface area contributed by atoms with Crippen molar-refractivity contribution in [2.24, 2.45) is 5.92 Å². The molecule has 1 amide bonds. The Hall–Kier alpha value is -1.83.